The molecule has 0 fully saturated rings. The predicted octanol–water partition coefficient (Wildman–Crippen LogP) is 1.73. The zero-order chi connectivity index (χ0) is 13.1. The molecule has 104 valence electrons. The van der Waals surface area contributed by atoms with Gasteiger partial charge in [0.1, 0.15) is 0 Å². The van der Waals surface area contributed by atoms with Gasteiger partial charge in [-0.3, -0.25) is 4.90 Å². The molecule has 0 aromatic carbocycles. The van der Waals surface area contributed by atoms with Crippen LogP contribution in [-0.4, -0.2) is 68.1 Å². The van der Waals surface area contributed by atoms with E-state index in [0.717, 1.165) is 13.1 Å². The van der Waals surface area contributed by atoms with Crippen LogP contribution < -0.4 is 5.73 Å². The van der Waals surface area contributed by atoms with Crippen molar-refractivity contribution in [1.82, 2.24) is 9.80 Å². The molecule has 0 saturated heterocycles. The lowest BCUT2D eigenvalue weighted by molar-refractivity contribution is 0.190. The molecule has 0 radical (unpaired) electrons. The summed E-state index contributed by atoms with van der Waals surface area (Å²) in [5.41, 5.74) is 5.90. The molecular formula is C13H31N3S. The number of thioether (sulfide) groups is 1. The van der Waals surface area contributed by atoms with Crippen LogP contribution >= 0.6 is 11.8 Å². The van der Waals surface area contributed by atoms with E-state index in [2.05, 4.69) is 37.1 Å². The smallest absolute Gasteiger partial charge is 0.0218 e. The van der Waals surface area contributed by atoms with Crippen LogP contribution in [0.5, 0.6) is 0 Å². The van der Waals surface area contributed by atoms with E-state index in [1.165, 1.54) is 38.1 Å². The minimum atomic E-state index is 0.578. The van der Waals surface area contributed by atoms with E-state index < -0.39 is 0 Å². The summed E-state index contributed by atoms with van der Waals surface area (Å²) in [6, 6.07) is 0.578. The Kier molecular flexibility index (Phi) is 11.5. The summed E-state index contributed by atoms with van der Waals surface area (Å²) >= 11 is 1.93. The Hall–Kier alpha value is 0.230. The monoisotopic (exact) mass is 261 g/mol. The van der Waals surface area contributed by atoms with Crippen LogP contribution in [0.3, 0.4) is 0 Å². The average molecular weight is 261 g/mol. The molecule has 1 atom stereocenters. The van der Waals surface area contributed by atoms with E-state index in [1.54, 1.807) is 0 Å². The van der Waals surface area contributed by atoms with E-state index in [4.69, 9.17) is 5.73 Å². The predicted molar refractivity (Wildman–Crippen MR) is 80.9 cm³/mol. The maximum Gasteiger partial charge on any atom is 0.0218 e. The van der Waals surface area contributed by atoms with Gasteiger partial charge in [0.05, 0.1) is 0 Å². The molecule has 4 heteroatoms. The maximum absolute atomic E-state index is 5.90. The maximum atomic E-state index is 5.90. The first kappa shape index (κ1) is 17.2. The lowest BCUT2D eigenvalue weighted by Crippen LogP contribution is -2.41. The molecule has 0 spiro atoms. The summed E-state index contributed by atoms with van der Waals surface area (Å²) in [5.74, 6) is 1.26. The fraction of sp³-hybridized carbons (Fsp3) is 1.00. The third-order valence-electron chi connectivity index (χ3n) is 3.13. The lowest BCUT2D eigenvalue weighted by Gasteiger charge is -2.30. The number of rotatable bonds is 11. The summed E-state index contributed by atoms with van der Waals surface area (Å²) in [6.45, 7) is 6.50. The molecule has 17 heavy (non-hydrogen) atoms. The first-order valence-corrected chi connectivity index (χ1v) is 8.12. The quantitative estimate of drug-likeness (QED) is 0.574. The largest absolute Gasteiger partial charge is 0.329 e. The van der Waals surface area contributed by atoms with Crippen LogP contribution in [0.25, 0.3) is 0 Å². The van der Waals surface area contributed by atoms with Crippen molar-refractivity contribution in [1.29, 1.82) is 0 Å². The normalized spacial score (nSPS) is 13.6. The highest BCUT2D eigenvalue weighted by Gasteiger charge is 2.14. The molecule has 0 rings (SSSR count). The van der Waals surface area contributed by atoms with Gasteiger partial charge in [0.2, 0.25) is 0 Å². The number of hydrogen-bond acceptors (Lipinski definition) is 4. The van der Waals surface area contributed by atoms with Crippen LogP contribution in [0.15, 0.2) is 0 Å². The Morgan fingerprint density at radius 3 is 2.35 bits per heavy atom. The summed E-state index contributed by atoms with van der Waals surface area (Å²) in [7, 11) is 4.27. The Morgan fingerprint density at radius 1 is 1.18 bits per heavy atom. The van der Waals surface area contributed by atoms with Crippen molar-refractivity contribution in [2.24, 2.45) is 5.73 Å². The molecule has 0 aromatic rings. The molecule has 0 bridgehead atoms. The molecule has 0 aromatic heterocycles. The van der Waals surface area contributed by atoms with E-state index in [9.17, 15) is 0 Å². The Bertz CT molecular complexity index is 165. The second kappa shape index (κ2) is 11.3. The van der Waals surface area contributed by atoms with Gasteiger partial charge in [-0.15, -0.1) is 0 Å². The van der Waals surface area contributed by atoms with Crippen LogP contribution in [0, 0.1) is 0 Å². The Morgan fingerprint density at radius 2 is 1.88 bits per heavy atom. The van der Waals surface area contributed by atoms with Crippen LogP contribution in [-0.2, 0) is 0 Å². The van der Waals surface area contributed by atoms with Crippen LogP contribution in [0.4, 0.5) is 0 Å². The Balaban J connectivity index is 3.91. The van der Waals surface area contributed by atoms with Crippen molar-refractivity contribution >= 4 is 11.8 Å². The van der Waals surface area contributed by atoms with Gasteiger partial charge in [-0.1, -0.05) is 6.92 Å². The molecule has 2 N–H and O–H groups in total. The minimum absolute atomic E-state index is 0.578. The van der Waals surface area contributed by atoms with E-state index in [-0.39, 0.29) is 0 Å². The van der Waals surface area contributed by atoms with Gasteiger partial charge in [-0.05, 0) is 65.0 Å². The van der Waals surface area contributed by atoms with Crippen LogP contribution in [0.2, 0.25) is 0 Å². The van der Waals surface area contributed by atoms with Gasteiger partial charge in [-0.2, -0.15) is 11.8 Å². The van der Waals surface area contributed by atoms with Gasteiger partial charge >= 0.3 is 0 Å². The molecule has 0 heterocycles. The van der Waals surface area contributed by atoms with Gasteiger partial charge in [0.25, 0.3) is 0 Å². The van der Waals surface area contributed by atoms with Crippen molar-refractivity contribution < 1.29 is 0 Å². The second-order valence-corrected chi connectivity index (χ2v) is 5.80. The average Bonchev–Trinajstić information content (AvgIpc) is 2.31. The van der Waals surface area contributed by atoms with E-state index in [1.807, 2.05) is 11.8 Å². The van der Waals surface area contributed by atoms with Gasteiger partial charge in [0.15, 0.2) is 0 Å². The van der Waals surface area contributed by atoms with Crippen molar-refractivity contribution in [3.63, 3.8) is 0 Å². The SMILES string of the molecule is CCN(CCCN(C)C)C(CN)CCCSC. The van der Waals surface area contributed by atoms with Crippen molar-refractivity contribution in [2.45, 2.75) is 32.2 Å². The standard InChI is InChI=1S/C13H31N3S/c1-5-16(10-7-9-15(2)3)13(12-14)8-6-11-17-4/h13H,5-12,14H2,1-4H3. The van der Waals surface area contributed by atoms with Gasteiger partial charge < -0.3 is 10.6 Å². The third-order valence-corrected chi connectivity index (χ3v) is 3.83. The number of nitrogens with zero attached hydrogens (tertiary/aromatic N) is 2. The minimum Gasteiger partial charge on any atom is -0.329 e. The third kappa shape index (κ3) is 8.89. The molecule has 0 saturated carbocycles. The fourth-order valence-electron chi connectivity index (χ4n) is 2.10. The molecular weight excluding hydrogens is 230 g/mol. The topological polar surface area (TPSA) is 32.5 Å². The van der Waals surface area contributed by atoms with Crippen molar-refractivity contribution in [3.05, 3.63) is 0 Å². The zero-order valence-electron chi connectivity index (χ0n) is 12.1. The number of likely N-dealkylation sites (N-methyl/N-ethyl adjacent to an activating group) is 1. The molecule has 0 aliphatic rings. The van der Waals surface area contributed by atoms with E-state index in [0.29, 0.717) is 6.04 Å². The summed E-state index contributed by atoms with van der Waals surface area (Å²) in [6.07, 6.45) is 5.94. The molecule has 0 aliphatic heterocycles. The highest BCUT2D eigenvalue weighted by atomic mass is 32.2. The van der Waals surface area contributed by atoms with E-state index >= 15 is 0 Å². The number of hydrogen-bond donors (Lipinski definition) is 1. The van der Waals surface area contributed by atoms with Crippen molar-refractivity contribution in [2.75, 3.05) is 52.3 Å². The molecule has 3 nitrogen and oxygen atoms in total. The first-order valence-electron chi connectivity index (χ1n) is 6.73. The summed E-state index contributed by atoms with van der Waals surface area (Å²) < 4.78 is 0. The summed E-state index contributed by atoms with van der Waals surface area (Å²) in [5, 5.41) is 0. The lowest BCUT2D eigenvalue weighted by atomic mass is 10.1. The fourth-order valence-corrected chi connectivity index (χ4v) is 2.56. The second-order valence-electron chi connectivity index (χ2n) is 4.81. The van der Waals surface area contributed by atoms with Gasteiger partial charge in [0, 0.05) is 12.6 Å². The van der Waals surface area contributed by atoms with Gasteiger partial charge in [-0.25, -0.2) is 0 Å². The molecule has 1 unspecified atom stereocenters. The first-order chi connectivity index (χ1) is 8.15. The zero-order valence-corrected chi connectivity index (χ0v) is 12.9. The Labute approximate surface area is 112 Å². The highest BCUT2D eigenvalue weighted by Crippen LogP contribution is 2.09. The highest BCUT2D eigenvalue weighted by molar-refractivity contribution is 7.98. The van der Waals surface area contributed by atoms with Crippen molar-refractivity contribution in [3.8, 4) is 0 Å². The van der Waals surface area contributed by atoms with Crippen LogP contribution in [0.1, 0.15) is 26.2 Å². The molecule has 0 aliphatic carbocycles. The number of nitrogens with two attached hydrogens (primary N) is 1. The molecule has 0 amide bonds. The summed E-state index contributed by atoms with van der Waals surface area (Å²) in [4.78, 5) is 4.79.